The molecule has 0 aromatic heterocycles. The number of ether oxygens (including phenoxy) is 1. The van der Waals surface area contributed by atoms with Gasteiger partial charge < -0.3 is 4.74 Å². The zero-order chi connectivity index (χ0) is 14.8. The highest BCUT2D eigenvalue weighted by molar-refractivity contribution is 7.89. The van der Waals surface area contributed by atoms with E-state index in [-0.39, 0.29) is 5.92 Å². The number of hydrogen-bond donors (Lipinski definition) is 0. The summed E-state index contributed by atoms with van der Waals surface area (Å²) >= 11 is 6.17. The lowest BCUT2D eigenvalue weighted by Crippen LogP contribution is -2.44. The highest BCUT2D eigenvalue weighted by Crippen LogP contribution is 2.29. The summed E-state index contributed by atoms with van der Waals surface area (Å²) in [4.78, 5) is 0. The standard InChI is InChI=1S/C14H20ClNO3S/c1-16(2)20(17,18)14-7-8-19-10-12(14)9-11-5-3-4-6-13(11)15/h3-6,12,14H,7-10H2,1-2H3/t12-,14-/m1/s1. The molecule has 2 atom stereocenters. The Morgan fingerprint density at radius 2 is 2.05 bits per heavy atom. The molecule has 1 saturated heterocycles. The minimum absolute atomic E-state index is 0.0592. The molecule has 1 aliphatic heterocycles. The second kappa shape index (κ2) is 6.43. The van der Waals surface area contributed by atoms with Gasteiger partial charge in [0.05, 0.1) is 11.9 Å². The predicted molar refractivity (Wildman–Crippen MR) is 80.5 cm³/mol. The van der Waals surface area contributed by atoms with E-state index in [1.54, 1.807) is 14.1 Å². The lowest BCUT2D eigenvalue weighted by molar-refractivity contribution is 0.0563. The Labute approximate surface area is 125 Å². The molecule has 112 valence electrons. The average Bonchev–Trinajstić information content (AvgIpc) is 2.41. The number of nitrogens with zero attached hydrogens (tertiary/aromatic N) is 1. The van der Waals surface area contributed by atoms with E-state index in [2.05, 4.69) is 0 Å². The molecule has 0 aliphatic carbocycles. The molecular formula is C14H20ClNO3S. The van der Waals surface area contributed by atoms with Crippen LogP contribution in [0.3, 0.4) is 0 Å². The second-order valence-electron chi connectivity index (χ2n) is 5.28. The fourth-order valence-electron chi connectivity index (χ4n) is 2.58. The SMILES string of the molecule is CN(C)S(=O)(=O)[C@@H]1CCOC[C@H]1Cc1ccccc1Cl. The number of sulfonamides is 1. The van der Waals surface area contributed by atoms with Crippen LogP contribution in [0, 0.1) is 5.92 Å². The van der Waals surface area contributed by atoms with Gasteiger partial charge in [0.15, 0.2) is 0 Å². The van der Waals surface area contributed by atoms with Crippen LogP contribution in [0.25, 0.3) is 0 Å². The van der Waals surface area contributed by atoms with Crippen LogP contribution >= 0.6 is 11.6 Å². The van der Waals surface area contributed by atoms with Crippen molar-refractivity contribution in [1.29, 1.82) is 0 Å². The fraction of sp³-hybridized carbons (Fsp3) is 0.571. The first kappa shape index (κ1) is 15.8. The van der Waals surface area contributed by atoms with Crippen LogP contribution in [0.15, 0.2) is 24.3 Å². The van der Waals surface area contributed by atoms with Gasteiger partial charge in [-0.05, 0) is 24.5 Å². The largest absolute Gasteiger partial charge is 0.381 e. The van der Waals surface area contributed by atoms with Gasteiger partial charge in [0.2, 0.25) is 10.0 Å². The maximum absolute atomic E-state index is 12.4. The van der Waals surface area contributed by atoms with Crippen molar-refractivity contribution in [2.24, 2.45) is 5.92 Å². The third-order valence-electron chi connectivity index (χ3n) is 3.74. The van der Waals surface area contributed by atoms with E-state index in [0.717, 1.165) is 5.56 Å². The quantitative estimate of drug-likeness (QED) is 0.855. The average molecular weight is 318 g/mol. The maximum atomic E-state index is 12.4. The van der Waals surface area contributed by atoms with Crippen molar-refractivity contribution < 1.29 is 13.2 Å². The van der Waals surface area contributed by atoms with Gasteiger partial charge in [-0.3, -0.25) is 0 Å². The van der Waals surface area contributed by atoms with Crippen molar-refractivity contribution in [3.05, 3.63) is 34.9 Å². The maximum Gasteiger partial charge on any atom is 0.216 e. The highest BCUT2D eigenvalue weighted by atomic mass is 35.5. The fourth-order valence-corrected chi connectivity index (χ4v) is 4.39. The molecule has 1 aromatic carbocycles. The van der Waals surface area contributed by atoms with Crippen LogP contribution in [-0.4, -0.2) is 45.3 Å². The van der Waals surface area contributed by atoms with Gasteiger partial charge in [-0.15, -0.1) is 0 Å². The molecule has 0 unspecified atom stereocenters. The van der Waals surface area contributed by atoms with E-state index in [9.17, 15) is 8.42 Å². The lowest BCUT2D eigenvalue weighted by atomic mass is 9.93. The second-order valence-corrected chi connectivity index (χ2v) is 8.06. The molecule has 1 fully saturated rings. The van der Waals surface area contributed by atoms with E-state index in [0.29, 0.717) is 31.1 Å². The Morgan fingerprint density at radius 1 is 1.35 bits per heavy atom. The molecule has 20 heavy (non-hydrogen) atoms. The van der Waals surface area contributed by atoms with E-state index >= 15 is 0 Å². The van der Waals surface area contributed by atoms with Gasteiger partial charge in [0.25, 0.3) is 0 Å². The molecule has 0 amide bonds. The van der Waals surface area contributed by atoms with Gasteiger partial charge in [-0.2, -0.15) is 0 Å². The van der Waals surface area contributed by atoms with Crippen LogP contribution < -0.4 is 0 Å². The van der Waals surface area contributed by atoms with Crippen LogP contribution in [0.4, 0.5) is 0 Å². The molecule has 4 nitrogen and oxygen atoms in total. The molecule has 1 heterocycles. The molecule has 6 heteroatoms. The minimum atomic E-state index is -3.27. The monoisotopic (exact) mass is 317 g/mol. The molecule has 2 rings (SSSR count). The van der Waals surface area contributed by atoms with Crippen molar-refractivity contribution in [3.8, 4) is 0 Å². The Kier molecular flexibility index (Phi) is 5.07. The summed E-state index contributed by atoms with van der Waals surface area (Å²) in [6.45, 7) is 0.958. The van der Waals surface area contributed by atoms with Crippen LogP contribution in [0.5, 0.6) is 0 Å². The molecule has 0 N–H and O–H groups in total. The van der Waals surface area contributed by atoms with Gasteiger partial charge in [0.1, 0.15) is 0 Å². The van der Waals surface area contributed by atoms with E-state index in [4.69, 9.17) is 16.3 Å². The summed E-state index contributed by atoms with van der Waals surface area (Å²) in [6.07, 6.45) is 1.16. The van der Waals surface area contributed by atoms with Gasteiger partial charge in [0, 0.05) is 31.6 Å². The highest BCUT2D eigenvalue weighted by Gasteiger charge is 2.37. The first-order valence-corrected chi connectivity index (χ1v) is 8.53. The molecule has 0 bridgehead atoms. The van der Waals surface area contributed by atoms with Crippen LogP contribution in [0.2, 0.25) is 5.02 Å². The third kappa shape index (κ3) is 3.34. The van der Waals surface area contributed by atoms with Gasteiger partial charge in [-0.1, -0.05) is 29.8 Å². The predicted octanol–water partition coefficient (Wildman–Crippen LogP) is 2.18. The molecule has 1 aliphatic rings. The van der Waals surface area contributed by atoms with Crippen LogP contribution in [-0.2, 0) is 21.2 Å². The molecule has 0 spiro atoms. The summed E-state index contributed by atoms with van der Waals surface area (Å²) in [6, 6.07) is 7.56. The minimum Gasteiger partial charge on any atom is -0.381 e. The first-order chi connectivity index (χ1) is 9.43. The molecule has 0 radical (unpaired) electrons. The Bertz CT molecular complexity index is 559. The van der Waals surface area contributed by atoms with E-state index < -0.39 is 15.3 Å². The molecular weight excluding hydrogens is 298 g/mol. The summed E-state index contributed by atoms with van der Waals surface area (Å²) in [5, 5.41) is 0.279. The topological polar surface area (TPSA) is 46.6 Å². The van der Waals surface area contributed by atoms with Crippen molar-refractivity contribution in [3.63, 3.8) is 0 Å². The Balaban J connectivity index is 2.22. The van der Waals surface area contributed by atoms with E-state index in [1.165, 1.54) is 4.31 Å². The number of rotatable bonds is 4. The number of benzene rings is 1. The molecule has 0 saturated carbocycles. The first-order valence-electron chi connectivity index (χ1n) is 6.65. The Hall–Kier alpha value is -0.620. The summed E-state index contributed by atoms with van der Waals surface area (Å²) in [7, 11) is -0.110. The molecule has 1 aromatic rings. The smallest absolute Gasteiger partial charge is 0.216 e. The van der Waals surface area contributed by atoms with Crippen molar-refractivity contribution in [2.75, 3.05) is 27.3 Å². The summed E-state index contributed by atoms with van der Waals surface area (Å²) in [5.41, 5.74) is 0.976. The lowest BCUT2D eigenvalue weighted by Gasteiger charge is -2.33. The van der Waals surface area contributed by atoms with E-state index in [1.807, 2.05) is 24.3 Å². The zero-order valence-corrected chi connectivity index (χ0v) is 13.3. The summed E-state index contributed by atoms with van der Waals surface area (Å²) in [5.74, 6) is -0.0592. The Morgan fingerprint density at radius 3 is 2.70 bits per heavy atom. The summed E-state index contributed by atoms with van der Waals surface area (Å²) < 4.78 is 31.6. The third-order valence-corrected chi connectivity index (χ3v) is 6.51. The number of hydrogen-bond acceptors (Lipinski definition) is 3. The van der Waals surface area contributed by atoms with Gasteiger partial charge >= 0.3 is 0 Å². The van der Waals surface area contributed by atoms with Crippen LogP contribution in [0.1, 0.15) is 12.0 Å². The van der Waals surface area contributed by atoms with Crippen molar-refractivity contribution in [1.82, 2.24) is 4.31 Å². The van der Waals surface area contributed by atoms with Crippen molar-refractivity contribution >= 4 is 21.6 Å². The normalized spacial score (nSPS) is 24.0. The van der Waals surface area contributed by atoms with Gasteiger partial charge in [-0.25, -0.2) is 12.7 Å². The zero-order valence-electron chi connectivity index (χ0n) is 11.8. The number of halogens is 1. The van der Waals surface area contributed by atoms with Crippen molar-refractivity contribution in [2.45, 2.75) is 18.1 Å².